The minimum atomic E-state index is -3.02. The molecule has 1 atom stereocenters. The van der Waals surface area contributed by atoms with Gasteiger partial charge in [0.1, 0.15) is 0 Å². The van der Waals surface area contributed by atoms with Gasteiger partial charge in [0.15, 0.2) is 0 Å². The van der Waals surface area contributed by atoms with E-state index in [4.69, 9.17) is 10.1 Å². The quantitative estimate of drug-likeness (QED) is 0.284. The predicted molar refractivity (Wildman–Crippen MR) is 40.1 cm³/mol. The molecule has 10 heavy (non-hydrogen) atoms. The first-order valence-electron chi connectivity index (χ1n) is 3.09. The average molecular weight is 165 g/mol. The highest BCUT2D eigenvalue weighted by Crippen LogP contribution is 2.39. The lowest BCUT2D eigenvalue weighted by molar-refractivity contribution is 0.321. The molecule has 1 unspecified atom stereocenters. The summed E-state index contributed by atoms with van der Waals surface area (Å²) in [6.45, 7) is 1.83. The number of rotatable bonds is 4. The molecular weight excluding hydrogens is 153 g/mol. The molecule has 0 aromatic heterocycles. The summed E-state index contributed by atoms with van der Waals surface area (Å²) in [5.74, 6) is 0. The third kappa shape index (κ3) is 4.53. The second-order valence-corrected chi connectivity index (χ2v) is 4.56. The van der Waals surface area contributed by atoms with E-state index in [0.717, 1.165) is 6.21 Å². The van der Waals surface area contributed by atoms with Crippen molar-refractivity contribution in [3.05, 3.63) is 0 Å². The van der Waals surface area contributed by atoms with Crippen LogP contribution in [0.3, 0.4) is 0 Å². The van der Waals surface area contributed by atoms with E-state index in [1.807, 2.05) is 6.92 Å². The molecule has 0 radical (unpaired) electrons. The first kappa shape index (κ1) is 9.66. The average Bonchev–Trinajstić information content (AvgIpc) is 1.84. The van der Waals surface area contributed by atoms with Crippen LogP contribution in [0.1, 0.15) is 13.3 Å². The van der Waals surface area contributed by atoms with Crippen LogP contribution in [0, 0.1) is 0 Å². The maximum atomic E-state index is 10.9. The highest BCUT2D eigenvalue weighted by molar-refractivity contribution is 7.58. The van der Waals surface area contributed by atoms with Crippen molar-refractivity contribution in [2.24, 2.45) is 5.16 Å². The molecule has 0 rings (SSSR count). The first-order chi connectivity index (χ1) is 4.62. The van der Waals surface area contributed by atoms with Crippen molar-refractivity contribution in [1.29, 1.82) is 0 Å². The number of oxime groups is 1. The molecule has 5 heteroatoms. The maximum absolute atomic E-state index is 10.9. The SMILES string of the molecule is CCCP(=O)(O)CC=NO. The molecular formula is C5H12NO3P. The summed E-state index contributed by atoms with van der Waals surface area (Å²) >= 11 is 0. The molecule has 0 aliphatic heterocycles. The molecule has 0 fully saturated rings. The van der Waals surface area contributed by atoms with Crippen LogP contribution >= 0.6 is 7.37 Å². The number of nitrogens with zero attached hydrogens (tertiary/aromatic N) is 1. The van der Waals surface area contributed by atoms with E-state index in [1.165, 1.54) is 0 Å². The lowest BCUT2D eigenvalue weighted by Crippen LogP contribution is -1.94. The van der Waals surface area contributed by atoms with E-state index < -0.39 is 7.37 Å². The van der Waals surface area contributed by atoms with E-state index in [-0.39, 0.29) is 6.16 Å². The summed E-state index contributed by atoms with van der Waals surface area (Å²) in [7, 11) is -3.02. The van der Waals surface area contributed by atoms with Crippen LogP contribution in [0.25, 0.3) is 0 Å². The Kier molecular flexibility index (Phi) is 4.32. The first-order valence-corrected chi connectivity index (χ1v) is 5.12. The minimum absolute atomic E-state index is 0.0304. The minimum Gasteiger partial charge on any atom is -0.411 e. The molecule has 60 valence electrons. The third-order valence-electron chi connectivity index (χ3n) is 1.02. The summed E-state index contributed by atoms with van der Waals surface area (Å²) in [6.07, 6.45) is 1.99. The van der Waals surface area contributed by atoms with Gasteiger partial charge in [0, 0.05) is 6.16 Å². The Labute approximate surface area is 60.0 Å². The van der Waals surface area contributed by atoms with Crippen molar-refractivity contribution in [3.63, 3.8) is 0 Å². The normalized spacial score (nSPS) is 17.4. The second-order valence-electron chi connectivity index (χ2n) is 2.05. The summed E-state index contributed by atoms with van der Waals surface area (Å²) in [6, 6.07) is 0. The van der Waals surface area contributed by atoms with Crippen molar-refractivity contribution in [2.45, 2.75) is 13.3 Å². The van der Waals surface area contributed by atoms with Crippen LogP contribution in [0.15, 0.2) is 5.16 Å². The fourth-order valence-electron chi connectivity index (χ4n) is 0.605. The summed E-state index contributed by atoms with van der Waals surface area (Å²) in [4.78, 5) is 9.00. The van der Waals surface area contributed by atoms with Crippen molar-refractivity contribution in [3.8, 4) is 0 Å². The molecule has 0 saturated heterocycles. The van der Waals surface area contributed by atoms with Gasteiger partial charge in [-0.25, -0.2) is 0 Å². The van der Waals surface area contributed by atoms with Gasteiger partial charge in [-0.2, -0.15) is 0 Å². The van der Waals surface area contributed by atoms with Crippen LogP contribution in [-0.4, -0.2) is 28.6 Å². The molecule has 2 N–H and O–H groups in total. The van der Waals surface area contributed by atoms with Crippen LogP contribution in [-0.2, 0) is 4.57 Å². The molecule has 0 aromatic carbocycles. The fourth-order valence-corrected chi connectivity index (χ4v) is 1.81. The van der Waals surface area contributed by atoms with Gasteiger partial charge in [0.25, 0.3) is 0 Å². The predicted octanol–water partition coefficient (Wildman–Crippen LogP) is 1.13. The van der Waals surface area contributed by atoms with E-state index in [0.29, 0.717) is 12.6 Å². The summed E-state index contributed by atoms with van der Waals surface area (Å²) in [5.41, 5.74) is 0. The maximum Gasteiger partial charge on any atom is 0.205 e. The molecule has 0 aliphatic carbocycles. The van der Waals surface area contributed by atoms with E-state index in [2.05, 4.69) is 5.16 Å². The zero-order valence-corrected chi connectivity index (χ0v) is 6.79. The van der Waals surface area contributed by atoms with E-state index in [1.54, 1.807) is 0 Å². The van der Waals surface area contributed by atoms with Gasteiger partial charge in [-0.15, -0.1) is 5.16 Å². The molecule has 0 aliphatic rings. The molecule has 4 nitrogen and oxygen atoms in total. The van der Waals surface area contributed by atoms with Crippen molar-refractivity contribution < 1.29 is 14.7 Å². The molecule has 0 bridgehead atoms. The third-order valence-corrected chi connectivity index (χ3v) is 2.90. The van der Waals surface area contributed by atoms with Gasteiger partial charge < -0.3 is 10.1 Å². The van der Waals surface area contributed by atoms with Crippen LogP contribution in [0.2, 0.25) is 0 Å². The Hall–Kier alpha value is -0.340. The highest BCUT2D eigenvalue weighted by Gasteiger charge is 2.14. The fraction of sp³-hybridized carbons (Fsp3) is 0.800. The summed E-state index contributed by atoms with van der Waals surface area (Å²) in [5, 5.41) is 10.6. The Bertz CT molecular complexity index is 157. The van der Waals surface area contributed by atoms with Gasteiger partial charge in [0.05, 0.1) is 12.4 Å². The largest absolute Gasteiger partial charge is 0.411 e. The topological polar surface area (TPSA) is 69.9 Å². The Morgan fingerprint density at radius 2 is 2.30 bits per heavy atom. The van der Waals surface area contributed by atoms with Gasteiger partial charge in [-0.3, -0.25) is 4.57 Å². The molecule has 0 amide bonds. The van der Waals surface area contributed by atoms with Crippen molar-refractivity contribution in [1.82, 2.24) is 0 Å². The number of hydrogen-bond donors (Lipinski definition) is 2. The van der Waals surface area contributed by atoms with E-state index >= 15 is 0 Å². The van der Waals surface area contributed by atoms with Crippen LogP contribution in [0.4, 0.5) is 0 Å². The Morgan fingerprint density at radius 3 is 2.70 bits per heavy atom. The van der Waals surface area contributed by atoms with Crippen LogP contribution in [0.5, 0.6) is 0 Å². The second kappa shape index (κ2) is 4.47. The lowest BCUT2D eigenvalue weighted by atomic mass is 10.6. The molecule has 0 aromatic rings. The summed E-state index contributed by atoms with van der Waals surface area (Å²) < 4.78 is 10.9. The zero-order chi connectivity index (χ0) is 8.04. The number of hydrogen-bond acceptors (Lipinski definition) is 3. The smallest absolute Gasteiger partial charge is 0.205 e. The van der Waals surface area contributed by atoms with Crippen LogP contribution < -0.4 is 0 Å². The van der Waals surface area contributed by atoms with Crippen molar-refractivity contribution in [2.75, 3.05) is 12.3 Å². The van der Waals surface area contributed by atoms with Gasteiger partial charge in [0.2, 0.25) is 7.37 Å². The zero-order valence-electron chi connectivity index (χ0n) is 5.90. The standard InChI is InChI=1S/C5H12NO3P/c1-2-4-10(8,9)5-3-6-7/h3,7H,2,4-5H2,1H3,(H,8,9). The molecule has 0 heterocycles. The van der Waals surface area contributed by atoms with Crippen molar-refractivity contribution >= 4 is 13.6 Å². The lowest BCUT2D eigenvalue weighted by Gasteiger charge is -2.04. The van der Waals surface area contributed by atoms with Gasteiger partial charge >= 0.3 is 0 Å². The highest BCUT2D eigenvalue weighted by atomic mass is 31.2. The van der Waals surface area contributed by atoms with Gasteiger partial charge in [-0.05, 0) is 6.42 Å². The van der Waals surface area contributed by atoms with Gasteiger partial charge in [-0.1, -0.05) is 6.92 Å². The molecule has 0 spiro atoms. The monoisotopic (exact) mass is 165 g/mol. The van der Waals surface area contributed by atoms with E-state index in [9.17, 15) is 4.57 Å². The Morgan fingerprint density at radius 1 is 1.70 bits per heavy atom. The Balaban J connectivity index is 3.75. The molecule has 0 saturated carbocycles.